The Balaban J connectivity index is 0.880. The Morgan fingerprint density at radius 3 is 1.85 bits per heavy atom. The number of hydrogen-bond donors (Lipinski definition) is 0. The first-order valence-corrected chi connectivity index (χ1v) is 19.1. The molecule has 54 heavy (non-hydrogen) atoms. The van der Waals surface area contributed by atoms with Crippen LogP contribution >= 0.6 is 0 Å². The molecule has 5 nitrogen and oxygen atoms in total. The molecule has 1 aromatic heterocycles. The molecule has 0 aliphatic carbocycles. The summed E-state index contributed by atoms with van der Waals surface area (Å²) < 4.78 is 39.4. The van der Waals surface area contributed by atoms with Crippen LogP contribution in [0, 0.1) is 5.41 Å². The van der Waals surface area contributed by atoms with Gasteiger partial charge < -0.3 is 4.90 Å². The summed E-state index contributed by atoms with van der Waals surface area (Å²) in [5.41, 5.74) is 8.78. The number of anilines is 1. The zero-order valence-corrected chi connectivity index (χ0v) is 30.3. The van der Waals surface area contributed by atoms with Crippen LogP contribution in [0.25, 0.3) is 10.9 Å². The van der Waals surface area contributed by atoms with Gasteiger partial charge in [0, 0.05) is 43.5 Å². The highest BCUT2D eigenvalue weighted by Crippen LogP contribution is 2.46. The molecule has 3 aliphatic rings. The monoisotopic (exact) mass is 723 g/mol. The molecule has 3 aliphatic heterocycles. The second-order valence-corrected chi connectivity index (χ2v) is 15.6. The molecule has 4 heterocycles. The van der Waals surface area contributed by atoms with Gasteiger partial charge in [0.15, 0.2) is 0 Å². The van der Waals surface area contributed by atoms with Crippen LogP contribution in [-0.2, 0) is 31.5 Å². The third kappa shape index (κ3) is 6.56. The predicted octanol–water partition coefficient (Wildman–Crippen LogP) is 9.19. The lowest BCUT2D eigenvalue weighted by Gasteiger charge is -2.54. The number of fused-ring (bicyclic) bond motifs is 2. The normalized spacial score (nSPS) is 17.7. The molecule has 0 N–H and O–H groups in total. The molecule has 1 spiro atoms. The Kier molecular flexibility index (Phi) is 8.98. The van der Waals surface area contributed by atoms with Gasteiger partial charge in [0.05, 0.1) is 17.5 Å². The number of aromatic nitrogens is 2. The van der Waals surface area contributed by atoms with Crippen LogP contribution < -0.4 is 4.90 Å². The molecule has 2 fully saturated rings. The minimum Gasteiger partial charge on any atom is -0.355 e. The van der Waals surface area contributed by atoms with Gasteiger partial charge in [-0.25, -0.2) is 9.97 Å². The molecule has 0 saturated carbocycles. The summed E-state index contributed by atoms with van der Waals surface area (Å²) in [5.74, 6) is 0.748. The van der Waals surface area contributed by atoms with Gasteiger partial charge in [-0.15, -0.1) is 0 Å². The van der Waals surface area contributed by atoms with Crippen LogP contribution in [0.15, 0.2) is 134 Å². The summed E-state index contributed by atoms with van der Waals surface area (Å²) in [5, 5.41) is 0.702. The zero-order valence-electron chi connectivity index (χ0n) is 30.3. The van der Waals surface area contributed by atoms with Crippen LogP contribution in [0.1, 0.15) is 51.8 Å². The second kappa shape index (κ2) is 14.0. The van der Waals surface area contributed by atoms with Crippen molar-refractivity contribution in [3.8, 4) is 0 Å². The van der Waals surface area contributed by atoms with Crippen LogP contribution in [0.3, 0.4) is 0 Å². The van der Waals surface area contributed by atoms with Crippen molar-refractivity contribution in [2.45, 2.75) is 50.5 Å². The molecule has 5 aromatic carbocycles. The topological polar surface area (TPSA) is 35.5 Å². The maximum absolute atomic E-state index is 13.1. The highest BCUT2D eigenvalue weighted by Gasteiger charge is 2.46. The Hall–Kier alpha value is -5.05. The minimum atomic E-state index is -4.25. The van der Waals surface area contributed by atoms with Gasteiger partial charge in [0.1, 0.15) is 12.1 Å². The van der Waals surface area contributed by atoms with Gasteiger partial charge in [-0.05, 0) is 83.4 Å². The molecule has 274 valence electrons. The average molecular weight is 724 g/mol. The van der Waals surface area contributed by atoms with Crippen molar-refractivity contribution in [1.29, 1.82) is 0 Å². The summed E-state index contributed by atoms with van der Waals surface area (Å²) in [6.07, 6.45) is -0.474. The molecule has 9 rings (SSSR count). The predicted molar refractivity (Wildman–Crippen MR) is 208 cm³/mol. The van der Waals surface area contributed by atoms with Crippen molar-refractivity contribution in [1.82, 2.24) is 19.8 Å². The number of rotatable bonds is 8. The van der Waals surface area contributed by atoms with Gasteiger partial charge in [0.2, 0.25) is 0 Å². The molecule has 2 saturated heterocycles. The minimum absolute atomic E-state index is 0.222. The van der Waals surface area contributed by atoms with Crippen molar-refractivity contribution in [2.75, 3.05) is 37.6 Å². The average Bonchev–Trinajstić information content (AvgIpc) is 3.18. The zero-order chi connectivity index (χ0) is 36.8. The third-order valence-corrected chi connectivity index (χ3v) is 12.1. The van der Waals surface area contributed by atoms with Crippen LogP contribution in [0.4, 0.5) is 19.0 Å². The van der Waals surface area contributed by atoms with Crippen molar-refractivity contribution in [3.63, 3.8) is 0 Å². The highest BCUT2D eigenvalue weighted by molar-refractivity contribution is 5.90. The smallest absolute Gasteiger partial charge is 0.355 e. The quantitative estimate of drug-likeness (QED) is 0.147. The molecule has 0 bridgehead atoms. The van der Waals surface area contributed by atoms with Crippen molar-refractivity contribution < 1.29 is 13.2 Å². The molecular formula is C46H44F3N5. The lowest BCUT2D eigenvalue weighted by Crippen LogP contribution is -2.60. The summed E-state index contributed by atoms with van der Waals surface area (Å²) in [6, 6.07) is 44.9. The SMILES string of the molecule is FC(F)(F)Cc1ccc2ncnc(N3CC4(CCN(Cc5ccc6c(c5)CCN(C(c5ccccc5)(c5ccccc5)c5ccccc5)C6)CC4)C3)c2c1. The van der Waals surface area contributed by atoms with E-state index in [4.69, 9.17) is 0 Å². The number of benzene rings is 5. The number of hydrogen-bond acceptors (Lipinski definition) is 5. The fraction of sp³-hybridized carbons (Fsp3) is 0.304. The first-order chi connectivity index (χ1) is 26.3. The van der Waals surface area contributed by atoms with Crippen molar-refractivity contribution in [3.05, 3.63) is 173 Å². The molecular weight excluding hydrogens is 680 g/mol. The second-order valence-electron chi connectivity index (χ2n) is 15.6. The van der Waals surface area contributed by atoms with Crippen LogP contribution in [-0.4, -0.2) is 58.7 Å². The lowest BCUT2D eigenvalue weighted by molar-refractivity contribution is -0.127. The summed E-state index contributed by atoms with van der Waals surface area (Å²) in [7, 11) is 0. The van der Waals surface area contributed by atoms with E-state index < -0.39 is 18.1 Å². The Morgan fingerprint density at radius 1 is 0.630 bits per heavy atom. The largest absolute Gasteiger partial charge is 0.393 e. The molecule has 8 heteroatoms. The van der Waals surface area contributed by atoms with E-state index in [1.54, 1.807) is 12.1 Å². The van der Waals surface area contributed by atoms with E-state index >= 15 is 0 Å². The highest BCUT2D eigenvalue weighted by atomic mass is 19.4. The van der Waals surface area contributed by atoms with E-state index in [2.05, 4.69) is 134 Å². The fourth-order valence-electron chi connectivity index (χ4n) is 9.43. The number of likely N-dealkylation sites (tertiary alicyclic amines) is 1. The standard InChI is InChI=1S/C46H44F3N5/c47-45(48,49)28-34-17-19-42-41(27-34)43(51-33-50-42)53-31-44(32-53)21-24-52(25-22-44)29-35-16-18-37-30-54(23-20-36(37)26-35)46(38-10-4-1-5-11-38,39-12-6-2-7-13-39)40-14-8-3-9-15-40/h1-19,26-27,33H,20-25,28-32H2. The van der Waals surface area contributed by atoms with E-state index in [0.29, 0.717) is 10.9 Å². The van der Waals surface area contributed by atoms with Gasteiger partial charge in [-0.2, -0.15) is 13.2 Å². The third-order valence-electron chi connectivity index (χ3n) is 12.1. The maximum atomic E-state index is 13.1. The van der Waals surface area contributed by atoms with Gasteiger partial charge in [-0.3, -0.25) is 9.80 Å². The molecule has 0 atom stereocenters. The summed E-state index contributed by atoms with van der Waals surface area (Å²) >= 11 is 0. The van der Waals surface area contributed by atoms with Gasteiger partial charge >= 0.3 is 6.18 Å². The number of halogens is 3. The first-order valence-electron chi connectivity index (χ1n) is 19.1. The summed E-state index contributed by atoms with van der Waals surface area (Å²) in [6.45, 7) is 6.58. The van der Waals surface area contributed by atoms with Crippen LogP contribution in [0.5, 0.6) is 0 Å². The maximum Gasteiger partial charge on any atom is 0.393 e. The number of piperidine rings is 1. The van der Waals surface area contributed by atoms with Crippen LogP contribution in [0.2, 0.25) is 0 Å². The van der Waals surface area contributed by atoms with E-state index in [1.807, 2.05) is 0 Å². The first kappa shape index (κ1) is 34.7. The molecule has 0 unspecified atom stereocenters. The molecule has 0 amide bonds. The number of nitrogens with zero attached hydrogens (tertiary/aromatic N) is 5. The Labute approximate surface area is 315 Å². The fourth-order valence-corrected chi connectivity index (χ4v) is 9.43. The van der Waals surface area contributed by atoms with E-state index in [0.717, 1.165) is 70.9 Å². The Bertz CT molecular complexity index is 2130. The van der Waals surface area contributed by atoms with Gasteiger partial charge in [-0.1, -0.05) is 115 Å². The number of alkyl halides is 3. The molecule has 6 aromatic rings. The molecule has 0 radical (unpaired) electrons. The Morgan fingerprint density at radius 2 is 1.24 bits per heavy atom. The van der Waals surface area contributed by atoms with Gasteiger partial charge in [0.25, 0.3) is 0 Å². The van der Waals surface area contributed by atoms with E-state index in [1.165, 1.54) is 45.8 Å². The lowest BCUT2D eigenvalue weighted by atomic mass is 9.72. The van der Waals surface area contributed by atoms with Crippen molar-refractivity contribution >= 4 is 16.7 Å². The van der Waals surface area contributed by atoms with E-state index in [9.17, 15) is 13.2 Å². The van der Waals surface area contributed by atoms with E-state index in [-0.39, 0.29) is 11.0 Å². The van der Waals surface area contributed by atoms with Crippen molar-refractivity contribution in [2.24, 2.45) is 5.41 Å². The summed E-state index contributed by atoms with van der Waals surface area (Å²) in [4.78, 5) is 16.3.